The van der Waals surface area contributed by atoms with Crippen molar-refractivity contribution in [2.24, 2.45) is 0 Å². The van der Waals surface area contributed by atoms with Crippen LogP contribution in [-0.4, -0.2) is 30.8 Å². The molecule has 2 amide bonds. The monoisotopic (exact) mass is 640 g/mol. The summed E-state index contributed by atoms with van der Waals surface area (Å²) < 4.78 is 8.09. The van der Waals surface area contributed by atoms with Crippen molar-refractivity contribution in [2.75, 3.05) is 16.0 Å². The molecule has 0 fully saturated rings. The summed E-state index contributed by atoms with van der Waals surface area (Å²) in [6.07, 6.45) is 7.24. The molecule has 0 unspecified atom stereocenters. The summed E-state index contributed by atoms with van der Waals surface area (Å²) in [6.45, 7) is 8.55. The Morgan fingerprint density at radius 1 is 0.875 bits per heavy atom. The van der Waals surface area contributed by atoms with Gasteiger partial charge in [-0.05, 0) is 75.1 Å². The van der Waals surface area contributed by atoms with Gasteiger partial charge in [-0.25, -0.2) is 19.4 Å². The molecule has 0 spiro atoms. The van der Waals surface area contributed by atoms with Crippen LogP contribution in [0.4, 0.5) is 27.9 Å². The Morgan fingerprint density at radius 3 is 2.46 bits per heavy atom. The highest BCUT2D eigenvalue weighted by molar-refractivity contribution is 6.07. The second-order valence-electron chi connectivity index (χ2n) is 11.7. The predicted molar refractivity (Wildman–Crippen MR) is 192 cm³/mol. The number of amides is 2. The van der Waals surface area contributed by atoms with Crippen molar-refractivity contribution in [1.82, 2.24) is 24.7 Å². The first-order valence-electron chi connectivity index (χ1n) is 16.3. The lowest BCUT2D eigenvalue weighted by Crippen LogP contribution is -2.21. The number of ether oxygens (including phenoxy) is 1. The largest absolute Gasteiger partial charge is 0.488 e. The molecule has 6 aromatic rings. The molecule has 0 aliphatic heterocycles. The van der Waals surface area contributed by atoms with E-state index in [1.54, 1.807) is 17.1 Å². The quantitative estimate of drug-likeness (QED) is 0.122. The van der Waals surface area contributed by atoms with E-state index < -0.39 is 0 Å². The van der Waals surface area contributed by atoms with Crippen LogP contribution in [0.15, 0.2) is 91.3 Å². The zero-order valence-corrected chi connectivity index (χ0v) is 27.7. The molecule has 0 bridgehead atoms. The van der Waals surface area contributed by atoms with E-state index in [1.165, 1.54) is 0 Å². The third kappa shape index (κ3) is 7.60. The highest BCUT2D eigenvalue weighted by atomic mass is 16.5. The predicted octanol–water partition coefficient (Wildman–Crippen LogP) is 8.70. The van der Waals surface area contributed by atoms with Crippen LogP contribution in [-0.2, 0) is 19.4 Å². The zero-order chi connectivity index (χ0) is 33.5. The van der Waals surface area contributed by atoms with Gasteiger partial charge in [0.25, 0.3) is 0 Å². The summed E-state index contributed by atoms with van der Waals surface area (Å²) >= 11 is 0. The molecule has 3 heterocycles. The molecule has 48 heavy (non-hydrogen) atoms. The summed E-state index contributed by atoms with van der Waals surface area (Å²) in [6, 6.07) is 25.1. The van der Waals surface area contributed by atoms with Crippen molar-refractivity contribution in [3.8, 4) is 11.4 Å². The Morgan fingerprint density at radius 2 is 1.69 bits per heavy atom. The molecule has 3 aromatic carbocycles. The van der Waals surface area contributed by atoms with Gasteiger partial charge < -0.3 is 15.4 Å². The van der Waals surface area contributed by atoms with Crippen molar-refractivity contribution in [1.29, 1.82) is 0 Å². The highest BCUT2D eigenvalue weighted by Gasteiger charge is 2.15. The number of rotatable bonds is 12. The maximum atomic E-state index is 13.4. The van der Waals surface area contributed by atoms with Crippen molar-refractivity contribution in [2.45, 2.75) is 60.0 Å². The molecule has 0 aliphatic carbocycles. The molecule has 0 saturated carbocycles. The molecule has 0 radical (unpaired) electrons. The second kappa shape index (κ2) is 14.8. The molecule has 3 N–H and O–H groups in total. The minimum atomic E-state index is -0.356. The Balaban J connectivity index is 1.16. The first-order chi connectivity index (χ1) is 23.4. The van der Waals surface area contributed by atoms with Crippen LogP contribution in [0.2, 0.25) is 0 Å². The van der Waals surface area contributed by atoms with Crippen LogP contribution >= 0.6 is 0 Å². The molecular formula is C38H40N8O2. The fraction of sp³-hybridized carbons (Fsp3) is 0.237. The van der Waals surface area contributed by atoms with Crippen molar-refractivity contribution in [3.05, 3.63) is 119 Å². The Kier molecular flexibility index (Phi) is 9.90. The lowest BCUT2D eigenvalue weighted by molar-refractivity contribution is 0.262. The summed E-state index contributed by atoms with van der Waals surface area (Å²) in [5, 5.41) is 15.9. The second-order valence-corrected chi connectivity index (χ2v) is 11.7. The third-order valence-corrected chi connectivity index (χ3v) is 8.06. The van der Waals surface area contributed by atoms with Crippen LogP contribution in [0.25, 0.3) is 16.5 Å². The van der Waals surface area contributed by atoms with Gasteiger partial charge in [0.15, 0.2) is 0 Å². The number of carbonyl (C=O) groups excluding carboxylic acids is 1. The SMILES string of the molecule is CCCCc1cc(NC(=O)Nc2ccc(OCc3ccnc(Nc4cnc(CC)c(C)n4)c3)c3ccccc23)n(-c2ccc(C)cc2)n1. The number of nitrogens with one attached hydrogen (secondary N) is 3. The molecule has 0 saturated heterocycles. The fourth-order valence-corrected chi connectivity index (χ4v) is 5.50. The molecule has 10 heteroatoms. The lowest BCUT2D eigenvalue weighted by Gasteiger charge is -2.15. The van der Waals surface area contributed by atoms with Crippen LogP contribution in [0.3, 0.4) is 0 Å². The average Bonchev–Trinajstić information content (AvgIpc) is 3.49. The normalized spacial score (nSPS) is 11.0. The van der Waals surface area contributed by atoms with Crippen LogP contribution in [0.1, 0.15) is 54.9 Å². The number of nitrogens with zero attached hydrogens (tertiary/aromatic N) is 5. The van der Waals surface area contributed by atoms with E-state index in [4.69, 9.17) is 9.84 Å². The maximum absolute atomic E-state index is 13.4. The van der Waals surface area contributed by atoms with Crippen molar-refractivity contribution in [3.63, 3.8) is 0 Å². The van der Waals surface area contributed by atoms with Gasteiger partial charge >= 0.3 is 6.03 Å². The number of hydrogen-bond donors (Lipinski definition) is 3. The van der Waals surface area contributed by atoms with Crippen LogP contribution in [0.5, 0.6) is 5.75 Å². The van der Waals surface area contributed by atoms with Gasteiger partial charge in [-0.1, -0.05) is 62.2 Å². The molecule has 244 valence electrons. The van der Waals surface area contributed by atoms with Gasteiger partial charge in [-0.3, -0.25) is 10.3 Å². The summed E-state index contributed by atoms with van der Waals surface area (Å²) in [5.74, 6) is 2.62. The smallest absolute Gasteiger partial charge is 0.324 e. The molecule has 3 aromatic heterocycles. The van der Waals surface area contributed by atoms with E-state index in [0.717, 1.165) is 70.4 Å². The van der Waals surface area contributed by atoms with Gasteiger partial charge in [-0.2, -0.15) is 5.10 Å². The molecule has 0 atom stereocenters. The van der Waals surface area contributed by atoms with E-state index in [9.17, 15) is 4.79 Å². The molecule has 6 rings (SSSR count). The maximum Gasteiger partial charge on any atom is 0.324 e. The van der Waals surface area contributed by atoms with Crippen molar-refractivity contribution >= 4 is 39.9 Å². The Bertz CT molecular complexity index is 2040. The van der Waals surface area contributed by atoms with Crippen molar-refractivity contribution < 1.29 is 9.53 Å². The molecular weight excluding hydrogens is 600 g/mol. The summed E-state index contributed by atoms with van der Waals surface area (Å²) in [7, 11) is 0. The van der Waals surface area contributed by atoms with E-state index in [-0.39, 0.29) is 6.03 Å². The van der Waals surface area contributed by atoms with Gasteiger partial charge in [0.1, 0.15) is 29.8 Å². The standard InChI is InChI=1S/C38H40N8O2/c1-5-7-10-28-22-37(46(45-28)29-15-13-25(3)14-16-29)44-38(47)42-33-17-18-34(31-12-9-8-11-30(31)33)48-24-27-19-20-39-35(21-27)43-36-23-40-32(6-2)26(4)41-36/h8-9,11-23H,5-7,10,24H2,1-4H3,(H,39,41,43)(H2,42,44,47). The highest BCUT2D eigenvalue weighted by Crippen LogP contribution is 2.32. The minimum absolute atomic E-state index is 0.331. The number of urea groups is 1. The number of pyridine rings is 1. The number of fused-ring (bicyclic) bond motifs is 1. The number of unbranched alkanes of at least 4 members (excludes halogenated alkanes) is 1. The van der Waals surface area contributed by atoms with E-state index in [1.807, 2.05) is 92.7 Å². The van der Waals surface area contributed by atoms with Crippen LogP contribution < -0.4 is 20.7 Å². The summed E-state index contributed by atoms with van der Waals surface area (Å²) in [5.41, 5.74) is 6.47. The lowest BCUT2D eigenvalue weighted by atomic mass is 10.1. The minimum Gasteiger partial charge on any atom is -0.488 e. The van der Waals surface area contributed by atoms with Gasteiger partial charge in [0, 0.05) is 23.0 Å². The first-order valence-corrected chi connectivity index (χ1v) is 16.3. The van der Waals surface area contributed by atoms with Gasteiger partial charge in [-0.15, -0.1) is 0 Å². The zero-order valence-electron chi connectivity index (χ0n) is 27.7. The molecule has 10 nitrogen and oxygen atoms in total. The number of carbonyl (C=O) groups is 1. The van der Waals surface area contributed by atoms with Gasteiger partial charge in [0.05, 0.1) is 34.7 Å². The Labute approximate surface area is 280 Å². The summed E-state index contributed by atoms with van der Waals surface area (Å²) in [4.78, 5) is 26.9. The third-order valence-electron chi connectivity index (χ3n) is 8.06. The topological polar surface area (TPSA) is 119 Å². The van der Waals surface area contributed by atoms with E-state index in [0.29, 0.717) is 35.5 Å². The Hall–Kier alpha value is -5.77. The number of aromatic nitrogens is 5. The average molecular weight is 641 g/mol. The number of benzene rings is 3. The fourth-order valence-electron chi connectivity index (χ4n) is 5.50. The number of aryl methyl sites for hydroxylation is 4. The number of anilines is 4. The van der Waals surface area contributed by atoms with Crippen LogP contribution in [0, 0.1) is 13.8 Å². The first kappa shape index (κ1) is 32.2. The van der Waals surface area contributed by atoms with E-state index in [2.05, 4.69) is 44.7 Å². The molecule has 0 aliphatic rings. The number of hydrogen-bond acceptors (Lipinski definition) is 7. The van der Waals surface area contributed by atoms with Gasteiger partial charge in [0.2, 0.25) is 0 Å². The van der Waals surface area contributed by atoms with E-state index >= 15 is 0 Å².